The van der Waals surface area contributed by atoms with E-state index in [2.05, 4.69) is 23.9 Å². The zero-order valence-electron chi connectivity index (χ0n) is 21.4. The molecule has 2 heterocycles. The van der Waals surface area contributed by atoms with E-state index in [0.717, 1.165) is 47.3 Å². The molecule has 0 spiro atoms. The number of aromatic nitrogens is 3. The summed E-state index contributed by atoms with van der Waals surface area (Å²) < 4.78 is 12.4. The molecular weight excluding hydrogens is 456 g/mol. The number of nitrogens with zero attached hydrogens (tertiary/aromatic N) is 4. The zero-order valence-corrected chi connectivity index (χ0v) is 21.4. The molecule has 1 unspecified atom stereocenters. The summed E-state index contributed by atoms with van der Waals surface area (Å²) in [6.45, 7) is 6.86. The topological polar surface area (TPSA) is 89.7 Å². The number of ether oxygens (including phenoxy) is 2. The SMILES string of the molecule is COCCOCCn1cc(CN(C(=O)C2CCCc3c(O)cccc32)c2ccc(C(C)C)nc2)cn1. The molecule has 4 rings (SSSR count). The van der Waals surface area contributed by atoms with Crippen LogP contribution in [0.2, 0.25) is 0 Å². The van der Waals surface area contributed by atoms with Gasteiger partial charge in [0, 0.05) is 24.6 Å². The molecule has 0 radical (unpaired) electrons. The Morgan fingerprint density at radius 2 is 2.06 bits per heavy atom. The van der Waals surface area contributed by atoms with Crippen LogP contribution in [0.25, 0.3) is 0 Å². The Labute approximate surface area is 212 Å². The van der Waals surface area contributed by atoms with Crippen molar-refractivity contribution in [2.75, 3.05) is 31.8 Å². The van der Waals surface area contributed by atoms with Crippen molar-refractivity contribution in [3.05, 3.63) is 71.3 Å². The number of fused-ring (bicyclic) bond motifs is 1. The van der Waals surface area contributed by atoms with Crippen molar-refractivity contribution in [1.29, 1.82) is 0 Å². The first-order valence-electron chi connectivity index (χ1n) is 12.6. The lowest BCUT2D eigenvalue weighted by Gasteiger charge is -2.31. The molecule has 0 aliphatic heterocycles. The number of methoxy groups -OCH3 is 1. The van der Waals surface area contributed by atoms with Crippen LogP contribution in [-0.4, -0.2) is 52.7 Å². The van der Waals surface area contributed by atoms with E-state index < -0.39 is 0 Å². The van der Waals surface area contributed by atoms with Gasteiger partial charge in [0.1, 0.15) is 5.75 Å². The third kappa shape index (κ3) is 6.12. The van der Waals surface area contributed by atoms with Gasteiger partial charge >= 0.3 is 0 Å². The number of aromatic hydroxyl groups is 1. The average molecular weight is 493 g/mol. The molecule has 1 aromatic carbocycles. The number of benzene rings is 1. The number of phenolic OH excluding ortho intramolecular Hbond substituents is 1. The Morgan fingerprint density at radius 3 is 2.81 bits per heavy atom. The summed E-state index contributed by atoms with van der Waals surface area (Å²) in [5, 5.41) is 14.8. The van der Waals surface area contributed by atoms with Crippen LogP contribution in [0.5, 0.6) is 5.75 Å². The second kappa shape index (κ2) is 12.1. The van der Waals surface area contributed by atoms with Crippen molar-refractivity contribution in [2.45, 2.75) is 58.0 Å². The number of anilines is 1. The third-order valence-corrected chi connectivity index (χ3v) is 6.64. The number of pyridine rings is 1. The van der Waals surface area contributed by atoms with Crippen LogP contribution in [0.1, 0.15) is 60.9 Å². The highest BCUT2D eigenvalue weighted by atomic mass is 16.5. The number of amides is 1. The van der Waals surface area contributed by atoms with Crippen molar-refractivity contribution in [3.8, 4) is 5.75 Å². The number of hydrogen-bond acceptors (Lipinski definition) is 6. The summed E-state index contributed by atoms with van der Waals surface area (Å²) in [7, 11) is 1.65. The van der Waals surface area contributed by atoms with Crippen molar-refractivity contribution in [1.82, 2.24) is 14.8 Å². The lowest BCUT2D eigenvalue weighted by molar-refractivity contribution is -0.120. The van der Waals surface area contributed by atoms with Gasteiger partial charge in [0.15, 0.2) is 0 Å². The first-order valence-corrected chi connectivity index (χ1v) is 12.6. The number of phenols is 1. The van der Waals surface area contributed by atoms with Crippen molar-refractivity contribution in [2.24, 2.45) is 0 Å². The Kier molecular flexibility index (Phi) is 8.72. The first-order chi connectivity index (χ1) is 17.5. The fourth-order valence-corrected chi connectivity index (χ4v) is 4.66. The highest BCUT2D eigenvalue weighted by Gasteiger charge is 2.32. The van der Waals surface area contributed by atoms with Crippen LogP contribution in [0.3, 0.4) is 0 Å². The van der Waals surface area contributed by atoms with E-state index in [1.54, 1.807) is 30.5 Å². The van der Waals surface area contributed by atoms with Gasteiger partial charge < -0.3 is 19.5 Å². The minimum Gasteiger partial charge on any atom is -0.508 e. The molecule has 1 aliphatic carbocycles. The number of rotatable bonds is 11. The van der Waals surface area contributed by atoms with Crippen LogP contribution < -0.4 is 4.90 Å². The van der Waals surface area contributed by atoms with Crippen LogP contribution >= 0.6 is 0 Å². The molecule has 36 heavy (non-hydrogen) atoms. The number of hydrogen-bond donors (Lipinski definition) is 1. The van der Waals surface area contributed by atoms with Gasteiger partial charge in [-0.2, -0.15) is 5.10 Å². The maximum atomic E-state index is 14.0. The molecule has 8 heteroatoms. The molecule has 1 amide bonds. The standard InChI is InChI=1S/C28H36N4O4/c1-20(2)26-11-10-22(17-29-26)32(19-21-16-30-31(18-21)12-13-36-15-14-35-3)28(34)25-8-4-7-24-23(25)6-5-9-27(24)33/h5-6,9-11,16-18,20,25,33H,4,7-8,12-15,19H2,1-3H3. The van der Waals surface area contributed by atoms with Crippen LogP contribution in [0, 0.1) is 0 Å². The molecule has 2 aromatic heterocycles. The minimum atomic E-state index is -0.310. The number of carbonyl (C=O) groups is 1. The van der Waals surface area contributed by atoms with Gasteiger partial charge in [-0.15, -0.1) is 0 Å². The molecule has 0 saturated carbocycles. The van der Waals surface area contributed by atoms with Crippen molar-refractivity contribution in [3.63, 3.8) is 0 Å². The Balaban J connectivity index is 1.57. The lowest BCUT2D eigenvalue weighted by atomic mass is 9.81. The fraction of sp³-hybridized carbons (Fsp3) is 0.464. The number of carbonyl (C=O) groups excluding carboxylic acids is 1. The summed E-state index contributed by atoms with van der Waals surface area (Å²) in [6.07, 6.45) is 7.94. The van der Waals surface area contributed by atoms with Crippen molar-refractivity contribution >= 4 is 11.6 Å². The average Bonchev–Trinajstić information content (AvgIpc) is 3.34. The molecule has 192 valence electrons. The quantitative estimate of drug-likeness (QED) is 0.399. The molecule has 0 saturated heterocycles. The molecular formula is C28H36N4O4. The molecule has 0 bridgehead atoms. The molecule has 0 fully saturated rings. The maximum Gasteiger partial charge on any atom is 0.234 e. The molecule has 1 atom stereocenters. The van der Waals surface area contributed by atoms with Gasteiger partial charge in [0.25, 0.3) is 0 Å². The van der Waals surface area contributed by atoms with Gasteiger partial charge in [-0.3, -0.25) is 14.5 Å². The van der Waals surface area contributed by atoms with Crippen LogP contribution in [0.4, 0.5) is 5.69 Å². The normalized spacial score (nSPS) is 15.2. The Morgan fingerprint density at radius 1 is 1.19 bits per heavy atom. The van der Waals surface area contributed by atoms with Crippen LogP contribution in [0.15, 0.2) is 48.9 Å². The highest BCUT2D eigenvalue weighted by molar-refractivity contribution is 5.98. The van der Waals surface area contributed by atoms with Crippen LogP contribution in [-0.2, 0) is 33.8 Å². The second-order valence-electron chi connectivity index (χ2n) is 9.53. The van der Waals surface area contributed by atoms with E-state index in [1.165, 1.54) is 0 Å². The fourth-order valence-electron chi connectivity index (χ4n) is 4.66. The van der Waals surface area contributed by atoms with Gasteiger partial charge in [0.05, 0.1) is 56.9 Å². The maximum absolute atomic E-state index is 14.0. The summed E-state index contributed by atoms with van der Waals surface area (Å²) in [6, 6.07) is 9.45. The van der Waals surface area contributed by atoms with E-state index in [9.17, 15) is 9.90 Å². The monoisotopic (exact) mass is 492 g/mol. The van der Waals surface area contributed by atoms with E-state index in [-0.39, 0.29) is 17.6 Å². The molecule has 1 aliphatic rings. The molecule has 8 nitrogen and oxygen atoms in total. The smallest absolute Gasteiger partial charge is 0.234 e. The first kappa shape index (κ1) is 25.9. The predicted octanol–water partition coefficient (Wildman–Crippen LogP) is 4.42. The van der Waals surface area contributed by atoms with Gasteiger partial charge in [-0.1, -0.05) is 26.0 Å². The lowest BCUT2D eigenvalue weighted by Crippen LogP contribution is -2.36. The van der Waals surface area contributed by atoms with Gasteiger partial charge in [0.2, 0.25) is 5.91 Å². The zero-order chi connectivity index (χ0) is 25.5. The summed E-state index contributed by atoms with van der Waals surface area (Å²) in [4.78, 5) is 20.5. The highest BCUT2D eigenvalue weighted by Crippen LogP contribution is 2.38. The minimum absolute atomic E-state index is 0.0105. The van der Waals surface area contributed by atoms with Crippen molar-refractivity contribution < 1.29 is 19.4 Å². The molecule has 1 N–H and O–H groups in total. The van der Waals surface area contributed by atoms with E-state index in [1.807, 2.05) is 35.1 Å². The van der Waals surface area contributed by atoms with Gasteiger partial charge in [-0.25, -0.2) is 0 Å². The summed E-state index contributed by atoms with van der Waals surface area (Å²) >= 11 is 0. The predicted molar refractivity (Wildman–Crippen MR) is 138 cm³/mol. The van der Waals surface area contributed by atoms with Gasteiger partial charge in [-0.05, 0) is 54.5 Å². The summed E-state index contributed by atoms with van der Waals surface area (Å²) in [5.74, 6) is 0.278. The van der Waals surface area contributed by atoms with E-state index in [4.69, 9.17) is 9.47 Å². The van der Waals surface area contributed by atoms with E-state index >= 15 is 0 Å². The third-order valence-electron chi connectivity index (χ3n) is 6.64. The Bertz CT molecular complexity index is 1140. The second-order valence-corrected chi connectivity index (χ2v) is 9.53. The van der Waals surface area contributed by atoms with E-state index in [0.29, 0.717) is 38.8 Å². The largest absolute Gasteiger partial charge is 0.508 e. The summed E-state index contributed by atoms with van der Waals surface area (Å²) in [5.41, 5.74) is 4.48. The Hall–Kier alpha value is -3.23. The molecule has 3 aromatic rings.